The quantitative estimate of drug-likeness (QED) is 0.728. The average Bonchev–Trinajstić information content (AvgIpc) is 3.04. The van der Waals surface area contributed by atoms with Gasteiger partial charge in [0.1, 0.15) is 0 Å². The van der Waals surface area contributed by atoms with Crippen LogP contribution in [0.1, 0.15) is 46.0 Å². The van der Waals surface area contributed by atoms with Crippen LogP contribution < -0.4 is 0 Å². The first-order chi connectivity index (χ1) is 12.8. The summed E-state index contributed by atoms with van der Waals surface area (Å²) in [7, 11) is 0. The number of halogens is 2. The van der Waals surface area contributed by atoms with Crippen molar-refractivity contribution in [1.82, 2.24) is 14.7 Å². The van der Waals surface area contributed by atoms with E-state index in [1.54, 1.807) is 0 Å². The van der Waals surface area contributed by atoms with Gasteiger partial charge in [-0.25, -0.2) is 13.6 Å². The standard InChI is InChI=1S/C19H31F2N3O3/c1-3-27-18(26)23-9-6-19(13-23)10-16(11-19)22-7-4-15(5-8-22)24(14(2)25)12-17(20)21/h15-17H,3-13H2,1-2H3. The fourth-order valence-electron chi connectivity index (χ4n) is 5.08. The number of nitrogens with zero attached hydrogens (tertiary/aromatic N) is 3. The van der Waals surface area contributed by atoms with Crippen LogP contribution in [0.3, 0.4) is 0 Å². The van der Waals surface area contributed by atoms with Crippen molar-refractivity contribution in [3.05, 3.63) is 0 Å². The average molecular weight is 387 g/mol. The summed E-state index contributed by atoms with van der Waals surface area (Å²) in [5.74, 6) is -0.263. The number of carbonyl (C=O) groups is 2. The van der Waals surface area contributed by atoms with E-state index >= 15 is 0 Å². The van der Waals surface area contributed by atoms with Crippen LogP contribution in [-0.2, 0) is 9.53 Å². The molecular weight excluding hydrogens is 356 g/mol. The Morgan fingerprint density at radius 2 is 1.89 bits per heavy atom. The van der Waals surface area contributed by atoms with Crippen LogP contribution in [0.15, 0.2) is 0 Å². The molecule has 0 N–H and O–H groups in total. The molecule has 2 aliphatic heterocycles. The zero-order chi connectivity index (χ0) is 19.6. The molecule has 3 fully saturated rings. The highest BCUT2D eigenvalue weighted by molar-refractivity contribution is 5.73. The Hall–Kier alpha value is -1.44. The van der Waals surface area contributed by atoms with Gasteiger partial charge in [-0.2, -0.15) is 0 Å². The molecule has 0 aromatic heterocycles. The first-order valence-corrected chi connectivity index (χ1v) is 10.0. The van der Waals surface area contributed by atoms with E-state index in [9.17, 15) is 18.4 Å². The van der Waals surface area contributed by atoms with Crippen LogP contribution in [0.2, 0.25) is 0 Å². The predicted molar refractivity (Wildman–Crippen MR) is 96.7 cm³/mol. The Kier molecular flexibility index (Phi) is 6.23. The zero-order valence-electron chi connectivity index (χ0n) is 16.3. The SMILES string of the molecule is CCOC(=O)N1CCC2(CC(N3CCC(N(CC(F)F)C(C)=O)CC3)C2)C1. The number of likely N-dealkylation sites (tertiary alicyclic amines) is 2. The summed E-state index contributed by atoms with van der Waals surface area (Å²) < 4.78 is 30.6. The van der Waals surface area contributed by atoms with Crippen LogP contribution in [0.5, 0.6) is 0 Å². The Labute approximate surface area is 159 Å². The molecule has 3 rings (SSSR count). The number of hydrogen-bond donors (Lipinski definition) is 0. The van der Waals surface area contributed by atoms with E-state index in [0.29, 0.717) is 12.6 Å². The lowest BCUT2D eigenvalue weighted by molar-refractivity contribution is -0.135. The van der Waals surface area contributed by atoms with Crippen LogP contribution in [0, 0.1) is 5.41 Å². The molecule has 0 radical (unpaired) electrons. The van der Waals surface area contributed by atoms with Crippen LogP contribution >= 0.6 is 0 Å². The number of piperidine rings is 1. The number of amides is 2. The normalized spacial score (nSPS) is 29.2. The van der Waals surface area contributed by atoms with Gasteiger partial charge >= 0.3 is 6.09 Å². The summed E-state index contributed by atoms with van der Waals surface area (Å²) in [5.41, 5.74) is 0.232. The highest BCUT2D eigenvalue weighted by Gasteiger charge is 2.51. The number of hydrogen-bond acceptors (Lipinski definition) is 4. The van der Waals surface area contributed by atoms with Gasteiger partial charge in [0.25, 0.3) is 6.43 Å². The molecule has 1 spiro atoms. The molecule has 2 heterocycles. The van der Waals surface area contributed by atoms with Gasteiger partial charge in [0, 0.05) is 45.2 Å². The van der Waals surface area contributed by atoms with E-state index in [1.165, 1.54) is 11.8 Å². The molecule has 2 saturated heterocycles. The zero-order valence-corrected chi connectivity index (χ0v) is 16.3. The second-order valence-corrected chi connectivity index (χ2v) is 8.26. The highest BCUT2D eigenvalue weighted by atomic mass is 19.3. The largest absolute Gasteiger partial charge is 0.450 e. The van der Waals surface area contributed by atoms with Crippen LogP contribution in [0.25, 0.3) is 0 Å². The Bertz CT molecular complexity index is 546. The van der Waals surface area contributed by atoms with Crippen molar-refractivity contribution in [3.63, 3.8) is 0 Å². The summed E-state index contributed by atoms with van der Waals surface area (Å²) in [6.45, 7) is 6.39. The van der Waals surface area contributed by atoms with Gasteiger partial charge in [-0.15, -0.1) is 0 Å². The molecule has 1 aliphatic carbocycles. The van der Waals surface area contributed by atoms with Gasteiger partial charge < -0.3 is 19.4 Å². The van der Waals surface area contributed by atoms with E-state index in [1.807, 2.05) is 11.8 Å². The van der Waals surface area contributed by atoms with Crippen molar-refractivity contribution in [2.24, 2.45) is 5.41 Å². The van der Waals surface area contributed by atoms with Crippen LogP contribution in [0.4, 0.5) is 13.6 Å². The fourth-order valence-corrected chi connectivity index (χ4v) is 5.08. The molecule has 3 aliphatic rings. The first-order valence-electron chi connectivity index (χ1n) is 10.0. The molecule has 2 amide bonds. The molecule has 0 aromatic carbocycles. The smallest absolute Gasteiger partial charge is 0.409 e. The molecule has 0 atom stereocenters. The van der Waals surface area contributed by atoms with Crippen molar-refractivity contribution in [1.29, 1.82) is 0 Å². The third kappa shape index (κ3) is 4.52. The number of carbonyl (C=O) groups excluding carboxylic acids is 2. The topological polar surface area (TPSA) is 53.1 Å². The molecule has 154 valence electrons. The third-order valence-corrected chi connectivity index (χ3v) is 6.50. The minimum Gasteiger partial charge on any atom is -0.450 e. The van der Waals surface area contributed by atoms with Gasteiger partial charge in [-0.1, -0.05) is 0 Å². The maximum atomic E-state index is 12.7. The molecular formula is C19H31F2N3O3. The van der Waals surface area contributed by atoms with Gasteiger partial charge in [0.15, 0.2) is 0 Å². The molecule has 8 heteroatoms. The lowest BCUT2D eigenvalue weighted by Gasteiger charge is -2.52. The summed E-state index contributed by atoms with van der Waals surface area (Å²) in [6, 6.07) is 0.432. The van der Waals surface area contributed by atoms with Gasteiger partial charge in [0.05, 0.1) is 13.2 Å². The van der Waals surface area contributed by atoms with E-state index in [2.05, 4.69) is 4.90 Å². The summed E-state index contributed by atoms with van der Waals surface area (Å²) in [4.78, 5) is 29.2. The van der Waals surface area contributed by atoms with Gasteiger partial charge in [-0.3, -0.25) is 4.79 Å². The lowest BCUT2D eigenvalue weighted by Crippen LogP contribution is -2.56. The Morgan fingerprint density at radius 3 is 2.44 bits per heavy atom. The molecule has 0 unspecified atom stereocenters. The number of alkyl halides is 2. The second kappa shape index (κ2) is 8.29. The van der Waals surface area contributed by atoms with Gasteiger partial charge in [-0.05, 0) is 44.4 Å². The maximum Gasteiger partial charge on any atom is 0.409 e. The molecule has 27 heavy (non-hydrogen) atoms. The van der Waals surface area contributed by atoms with Crippen molar-refractivity contribution in [2.75, 3.05) is 39.3 Å². The van der Waals surface area contributed by atoms with E-state index in [4.69, 9.17) is 4.74 Å². The molecule has 6 nitrogen and oxygen atoms in total. The fraction of sp³-hybridized carbons (Fsp3) is 0.895. The van der Waals surface area contributed by atoms with E-state index in [-0.39, 0.29) is 23.5 Å². The summed E-state index contributed by atoms with van der Waals surface area (Å²) in [6.07, 6.45) is 2.02. The molecule has 0 bridgehead atoms. The van der Waals surface area contributed by atoms with E-state index in [0.717, 1.165) is 58.3 Å². The monoisotopic (exact) mass is 387 g/mol. The Balaban J connectivity index is 1.44. The Morgan fingerprint density at radius 1 is 1.22 bits per heavy atom. The lowest BCUT2D eigenvalue weighted by atomic mass is 9.64. The van der Waals surface area contributed by atoms with E-state index < -0.39 is 13.0 Å². The maximum absolute atomic E-state index is 12.7. The number of ether oxygens (including phenoxy) is 1. The number of rotatable bonds is 5. The predicted octanol–water partition coefficient (Wildman–Crippen LogP) is 2.58. The van der Waals surface area contributed by atoms with Crippen LogP contribution in [-0.4, -0.2) is 84.5 Å². The third-order valence-electron chi connectivity index (χ3n) is 6.50. The summed E-state index contributed by atoms with van der Waals surface area (Å²) >= 11 is 0. The first kappa shape index (κ1) is 20.3. The molecule has 1 saturated carbocycles. The minimum absolute atomic E-state index is 0.0763. The van der Waals surface area contributed by atoms with Gasteiger partial charge in [0.2, 0.25) is 5.91 Å². The highest BCUT2D eigenvalue weighted by Crippen LogP contribution is 2.50. The minimum atomic E-state index is -2.48. The van der Waals surface area contributed by atoms with Crippen molar-refractivity contribution < 1.29 is 23.1 Å². The second-order valence-electron chi connectivity index (χ2n) is 8.26. The van der Waals surface area contributed by atoms with Crippen molar-refractivity contribution in [3.8, 4) is 0 Å². The summed E-state index contributed by atoms with van der Waals surface area (Å²) in [5, 5.41) is 0. The van der Waals surface area contributed by atoms with Crippen molar-refractivity contribution >= 4 is 12.0 Å². The van der Waals surface area contributed by atoms with Crippen molar-refractivity contribution in [2.45, 2.75) is 64.5 Å². The molecule has 0 aromatic rings.